The first kappa shape index (κ1) is 14.3. The van der Waals surface area contributed by atoms with Crippen molar-refractivity contribution in [3.63, 3.8) is 0 Å². The van der Waals surface area contributed by atoms with Gasteiger partial charge in [-0.15, -0.1) is 0 Å². The number of nitrogens with zero attached hydrogens (tertiary/aromatic N) is 1. The van der Waals surface area contributed by atoms with Crippen LogP contribution in [0.25, 0.3) is 5.57 Å². The molecule has 2 rings (SSSR count). The SMILES string of the molecule is CC1CC=C(c2ccc(Br)cc2)C(NC(C)(C)C)=N1. The number of halogens is 1. The summed E-state index contributed by atoms with van der Waals surface area (Å²) in [5, 5.41) is 3.52. The van der Waals surface area contributed by atoms with Crippen LogP contribution in [0, 0.1) is 0 Å². The van der Waals surface area contributed by atoms with E-state index in [-0.39, 0.29) is 5.54 Å². The molecule has 1 aromatic rings. The second-order valence-electron chi connectivity index (χ2n) is 6.06. The molecule has 0 aliphatic carbocycles. The first-order valence-corrected chi connectivity index (χ1v) is 7.47. The number of hydrogen-bond acceptors (Lipinski definition) is 2. The van der Waals surface area contributed by atoms with E-state index in [1.54, 1.807) is 0 Å². The van der Waals surface area contributed by atoms with Crippen molar-refractivity contribution in [1.82, 2.24) is 5.32 Å². The molecule has 1 N–H and O–H groups in total. The summed E-state index contributed by atoms with van der Waals surface area (Å²) in [6, 6.07) is 8.76. The standard InChI is InChI=1S/C16H21BrN2/c1-11-5-10-14(12-6-8-13(17)9-7-12)15(18-11)19-16(2,3)4/h6-11H,5H2,1-4H3,(H,18,19). The lowest BCUT2D eigenvalue weighted by molar-refractivity contribution is 0.510. The van der Waals surface area contributed by atoms with Crippen molar-refractivity contribution in [3.8, 4) is 0 Å². The zero-order valence-electron chi connectivity index (χ0n) is 12.0. The van der Waals surface area contributed by atoms with Crippen molar-refractivity contribution in [3.05, 3.63) is 40.4 Å². The fourth-order valence-electron chi connectivity index (χ4n) is 2.07. The summed E-state index contributed by atoms with van der Waals surface area (Å²) in [7, 11) is 0. The van der Waals surface area contributed by atoms with Crippen LogP contribution in [0.4, 0.5) is 0 Å². The average Bonchev–Trinajstić information content (AvgIpc) is 2.29. The quantitative estimate of drug-likeness (QED) is 0.814. The average molecular weight is 321 g/mol. The van der Waals surface area contributed by atoms with Crippen molar-refractivity contribution in [2.24, 2.45) is 4.99 Å². The number of hydrogen-bond donors (Lipinski definition) is 1. The number of benzene rings is 1. The molecule has 0 saturated heterocycles. The third-order valence-electron chi connectivity index (χ3n) is 2.92. The van der Waals surface area contributed by atoms with Gasteiger partial charge in [-0.05, 0) is 51.8 Å². The summed E-state index contributed by atoms with van der Waals surface area (Å²) in [6.45, 7) is 8.63. The maximum atomic E-state index is 4.77. The number of nitrogens with one attached hydrogen (secondary N) is 1. The van der Waals surface area contributed by atoms with Crippen molar-refractivity contribution >= 4 is 27.3 Å². The maximum Gasteiger partial charge on any atom is 0.129 e. The summed E-state index contributed by atoms with van der Waals surface area (Å²) in [4.78, 5) is 4.77. The Morgan fingerprint density at radius 3 is 2.42 bits per heavy atom. The predicted molar refractivity (Wildman–Crippen MR) is 86.5 cm³/mol. The van der Waals surface area contributed by atoms with Gasteiger partial charge in [0.25, 0.3) is 0 Å². The van der Waals surface area contributed by atoms with Crippen LogP contribution < -0.4 is 5.32 Å². The van der Waals surface area contributed by atoms with Crippen molar-refractivity contribution in [2.45, 2.75) is 45.7 Å². The Kier molecular flexibility index (Phi) is 4.14. The Labute approximate surface area is 124 Å². The zero-order valence-corrected chi connectivity index (χ0v) is 13.6. The Morgan fingerprint density at radius 1 is 1.21 bits per heavy atom. The first-order valence-electron chi connectivity index (χ1n) is 6.67. The Balaban J connectivity index is 2.32. The van der Waals surface area contributed by atoms with E-state index in [2.05, 4.69) is 79.3 Å². The normalized spacial score (nSPS) is 19.7. The third kappa shape index (κ3) is 3.93. The summed E-state index contributed by atoms with van der Waals surface area (Å²) in [5.74, 6) is 1.01. The highest BCUT2D eigenvalue weighted by atomic mass is 79.9. The van der Waals surface area contributed by atoms with Gasteiger partial charge >= 0.3 is 0 Å². The smallest absolute Gasteiger partial charge is 0.129 e. The second-order valence-corrected chi connectivity index (χ2v) is 6.98. The van der Waals surface area contributed by atoms with Crippen molar-refractivity contribution in [2.75, 3.05) is 0 Å². The van der Waals surface area contributed by atoms with Gasteiger partial charge in [0.2, 0.25) is 0 Å². The lowest BCUT2D eigenvalue weighted by Crippen LogP contribution is -2.42. The van der Waals surface area contributed by atoms with Crippen LogP contribution in [0.5, 0.6) is 0 Å². The zero-order chi connectivity index (χ0) is 14.0. The minimum absolute atomic E-state index is 0.0182. The van der Waals surface area contributed by atoms with Crippen LogP contribution in [0.2, 0.25) is 0 Å². The first-order chi connectivity index (χ1) is 8.85. The van der Waals surface area contributed by atoms with Gasteiger partial charge < -0.3 is 5.32 Å². The molecular formula is C16H21BrN2. The molecule has 0 radical (unpaired) electrons. The monoisotopic (exact) mass is 320 g/mol. The van der Waals surface area contributed by atoms with Gasteiger partial charge in [-0.3, -0.25) is 4.99 Å². The molecule has 102 valence electrons. The van der Waals surface area contributed by atoms with Gasteiger partial charge in [0.15, 0.2) is 0 Å². The molecule has 19 heavy (non-hydrogen) atoms. The highest BCUT2D eigenvalue weighted by Gasteiger charge is 2.20. The highest BCUT2D eigenvalue weighted by molar-refractivity contribution is 9.10. The maximum absolute atomic E-state index is 4.77. The number of amidine groups is 1. The Hall–Kier alpha value is -1.09. The summed E-state index contributed by atoms with van der Waals surface area (Å²) >= 11 is 3.48. The predicted octanol–water partition coefficient (Wildman–Crippen LogP) is 4.41. The molecule has 1 aliphatic heterocycles. The van der Waals surface area contributed by atoms with E-state index in [9.17, 15) is 0 Å². The Morgan fingerprint density at radius 2 is 1.84 bits per heavy atom. The second kappa shape index (κ2) is 5.49. The molecule has 1 aromatic carbocycles. The van der Waals surface area contributed by atoms with E-state index in [0.29, 0.717) is 6.04 Å². The molecule has 1 aliphatic rings. The lowest BCUT2D eigenvalue weighted by atomic mass is 9.97. The topological polar surface area (TPSA) is 24.4 Å². The summed E-state index contributed by atoms with van der Waals surface area (Å²) in [5.41, 5.74) is 2.44. The van der Waals surface area contributed by atoms with Gasteiger partial charge in [-0.1, -0.05) is 34.1 Å². The minimum Gasteiger partial charge on any atom is -0.365 e. The molecule has 1 unspecified atom stereocenters. The van der Waals surface area contributed by atoms with E-state index in [1.165, 1.54) is 11.1 Å². The molecule has 2 nitrogen and oxygen atoms in total. The van der Waals surface area contributed by atoms with Crippen molar-refractivity contribution < 1.29 is 0 Å². The van der Waals surface area contributed by atoms with Gasteiger partial charge in [-0.25, -0.2) is 0 Å². The molecule has 3 heteroatoms. The molecule has 0 bridgehead atoms. The van der Waals surface area contributed by atoms with E-state index >= 15 is 0 Å². The van der Waals surface area contributed by atoms with Gasteiger partial charge in [-0.2, -0.15) is 0 Å². The summed E-state index contributed by atoms with van der Waals surface area (Å²) in [6.07, 6.45) is 3.29. The van der Waals surface area contributed by atoms with Crippen LogP contribution in [0.1, 0.15) is 39.7 Å². The number of rotatable bonds is 1. The molecule has 0 amide bonds. The van der Waals surface area contributed by atoms with Crippen LogP contribution >= 0.6 is 15.9 Å². The van der Waals surface area contributed by atoms with Crippen LogP contribution in [-0.4, -0.2) is 17.4 Å². The van der Waals surface area contributed by atoms with Crippen molar-refractivity contribution in [1.29, 1.82) is 0 Å². The molecule has 1 atom stereocenters. The fraction of sp³-hybridized carbons (Fsp3) is 0.438. The van der Waals surface area contributed by atoms with E-state index in [4.69, 9.17) is 4.99 Å². The van der Waals surface area contributed by atoms with E-state index < -0.39 is 0 Å². The Bertz CT molecular complexity index is 507. The largest absolute Gasteiger partial charge is 0.365 e. The number of dihydropyridines is 1. The fourth-order valence-corrected chi connectivity index (χ4v) is 2.33. The molecule has 0 fully saturated rings. The molecule has 0 aromatic heterocycles. The third-order valence-corrected chi connectivity index (χ3v) is 3.44. The van der Waals surface area contributed by atoms with Crippen LogP contribution in [0.3, 0.4) is 0 Å². The molecule has 0 spiro atoms. The summed E-state index contributed by atoms with van der Waals surface area (Å²) < 4.78 is 1.10. The van der Waals surface area contributed by atoms with Gasteiger partial charge in [0, 0.05) is 15.6 Å². The van der Waals surface area contributed by atoms with E-state index in [0.717, 1.165) is 16.7 Å². The van der Waals surface area contributed by atoms with E-state index in [1.807, 2.05) is 0 Å². The highest BCUT2D eigenvalue weighted by Crippen LogP contribution is 2.24. The van der Waals surface area contributed by atoms with Gasteiger partial charge in [0.1, 0.15) is 5.84 Å². The minimum atomic E-state index is 0.0182. The van der Waals surface area contributed by atoms with Crippen LogP contribution in [0.15, 0.2) is 39.8 Å². The van der Waals surface area contributed by atoms with Gasteiger partial charge in [0.05, 0.1) is 6.04 Å². The lowest BCUT2D eigenvalue weighted by Gasteiger charge is -2.28. The molecule has 1 heterocycles. The number of aliphatic imine (C=N–C) groups is 1. The molecule has 0 saturated carbocycles. The van der Waals surface area contributed by atoms with Crippen LogP contribution in [-0.2, 0) is 0 Å². The molecular weight excluding hydrogens is 300 g/mol.